The van der Waals surface area contributed by atoms with Crippen LogP contribution in [0.5, 0.6) is 0 Å². The number of hydrogen-bond acceptors (Lipinski definition) is 4. The summed E-state index contributed by atoms with van der Waals surface area (Å²) in [6, 6.07) is 0. The van der Waals surface area contributed by atoms with E-state index in [1.165, 1.54) is 20.9 Å². The van der Waals surface area contributed by atoms with Crippen LogP contribution in [0.1, 0.15) is 13.8 Å². The normalized spacial score (nSPS) is 10.2. The fraction of sp³-hybridized carbons (Fsp3) is 0.800. The Morgan fingerprint density at radius 3 is 2.17 bits per heavy atom. The third-order valence-corrected chi connectivity index (χ3v) is 2.18. The van der Waals surface area contributed by atoms with Gasteiger partial charge in [0.1, 0.15) is 0 Å². The second-order valence-electron chi connectivity index (χ2n) is 1.94. The fourth-order valence-corrected chi connectivity index (χ4v) is 0.827. The van der Waals surface area contributed by atoms with Crippen molar-refractivity contribution in [1.82, 2.24) is 5.06 Å². The Morgan fingerprint density at radius 2 is 1.92 bits per heavy atom. The molecule has 0 unspecified atom stereocenters. The van der Waals surface area contributed by atoms with Crippen molar-refractivity contribution in [2.45, 2.75) is 13.8 Å². The first kappa shape index (κ1) is 14.9. The second kappa shape index (κ2) is 5.93. The zero-order valence-corrected chi connectivity index (χ0v) is 7.51. The molecule has 0 saturated heterocycles. The molecule has 7 heteroatoms. The first-order chi connectivity index (χ1) is 4.89. The molecular weight excluding hydrogens is 193 g/mol. The Morgan fingerprint density at radius 1 is 1.50 bits per heavy atom. The Balaban J connectivity index is 0. The summed E-state index contributed by atoms with van der Waals surface area (Å²) in [6.07, 6.45) is 0. The minimum absolute atomic E-state index is 0. The standard InChI is InChI=1S/C5H11NO4S.Na.H/c1-4-11(8,9)10-6(3)5(2)7;;/h4H2,1-3H3;;. The Hall–Kier alpha value is 0.380. The van der Waals surface area contributed by atoms with E-state index in [0.29, 0.717) is 5.06 Å². The molecule has 0 N–H and O–H groups in total. The van der Waals surface area contributed by atoms with E-state index in [1.54, 1.807) is 0 Å². The predicted octanol–water partition coefficient (Wildman–Crippen LogP) is -0.902. The zero-order valence-electron chi connectivity index (χ0n) is 6.70. The van der Waals surface area contributed by atoms with Crippen molar-refractivity contribution in [2.24, 2.45) is 0 Å². The van der Waals surface area contributed by atoms with Crippen LogP contribution in [0.4, 0.5) is 0 Å². The van der Waals surface area contributed by atoms with Gasteiger partial charge in [-0.3, -0.25) is 4.79 Å². The van der Waals surface area contributed by atoms with Crippen LogP contribution in [-0.4, -0.2) is 61.7 Å². The minimum atomic E-state index is -3.56. The van der Waals surface area contributed by atoms with E-state index in [1.807, 2.05) is 0 Å². The molecule has 0 aliphatic carbocycles. The number of hydrogen-bond donors (Lipinski definition) is 0. The topological polar surface area (TPSA) is 63.7 Å². The monoisotopic (exact) mass is 205 g/mol. The molecule has 1 amide bonds. The maximum absolute atomic E-state index is 10.7. The molecule has 0 spiro atoms. The average Bonchev–Trinajstić information content (AvgIpc) is 1.87. The quantitative estimate of drug-likeness (QED) is 0.442. The first-order valence-electron chi connectivity index (χ1n) is 3.05. The van der Waals surface area contributed by atoms with Crippen LogP contribution in [0.25, 0.3) is 0 Å². The summed E-state index contributed by atoms with van der Waals surface area (Å²) >= 11 is 0. The van der Waals surface area contributed by atoms with Crippen LogP contribution in [0.2, 0.25) is 0 Å². The first-order valence-corrected chi connectivity index (χ1v) is 4.63. The molecule has 12 heavy (non-hydrogen) atoms. The number of amides is 1. The molecule has 0 heterocycles. The zero-order chi connectivity index (χ0) is 9.07. The van der Waals surface area contributed by atoms with Gasteiger partial charge in [-0.05, 0) is 6.92 Å². The third kappa shape index (κ3) is 5.96. The Bertz CT molecular complexity index is 238. The van der Waals surface area contributed by atoms with E-state index in [9.17, 15) is 13.2 Å². The summed E-state index contributed by atoms with van der Waals surface area (Å²) < 4.78 is 25.7. The van der Waals surface area contributed by atoms with E-state index in [4.69, 9.17) is 0 Å². The van der Waals surface area contributed by atoms with Crippen molar-refractivity contribution >= 4 is 45.6 Å². The van der Waals surface area contributed by atoms with Gasteiger partial charge in [-0.1, -0.05) is 0 Å². The van der Waals surface area contributed by atoms with Crippen LogP contribution >= 0.6 is 0 Å². The van der Waals surface area contributed by atoms with Gasteiger partial charge in [0, 0.05) is 14.0 Å². The molecule has 0 aliphatic rings. The van der Waals surface area contributed by atoms with Gasteiger partial charge in [-0.2, -0.15) is 8.42 Å². The van der Waals surface area contributed by atoms with Crippen molar-refractivity contribution in [1.29, 1.82) is 0 Å². The van der Waals surface area contributed by atoms with E-state index < -0.39 is 16.0 Å². The molecule has 0 rings (SSSR count). The Labute approximate surface area is 94.4 Å². The molecule has 0 aromatic rings. The summed E-state index contributed by atoms with van der Waals surface area (Å²) in [5.74, 6) is -0.605. The van der Waals surface area contributed by atoms with Crippen molar-refractivity contribution in [3.63, 3.8) is 0 Å². The van der Waals surface area contributed by atoms with Crippen LogP contribution < -0.4 is 0 Å². The molecule has 0 aliphatic heterocycles. The summed E-state index contributed by atoms with van der Waals surface area (Å²) in [5.41, 5.74) is 0. The van der Waals surface area contributed by atoms with Gasteiger partial charge in [0.15, 0.2) is 0 Å². The van der Waals surface area contributed by atoms with Gasteiger partial charge in [-0.15, -0.1) is 4.28 Å². The van der Waals surface area contributed by atoms with Crippen molar-refractivity contribution in [3.8, 4) is 0 Å². The van der Waals surface area contributed by atoms with Gasteiger partial charge >= 0.3 is 29.6 Å². The van der Waals surface area contributed by atoms with Crippen molar-refractivity contribution in [3.05, 3.63) is 0 Å². The number of nitrogens with zero attached hydrogens (tertiary/aromatic N) is 1. The SMILES string of the molecule is CCS(=O)(=O)ON(C)C(C)=O.[NaH]. The van der Waals surface area contributed by atoms with E-state index in [0.717, 1.165) is 0 Å². The molecule has 0 saturated carbocycles. The molecule has 5 nitrogen and oxygen atoms in total. The van der Waals surface area contributed by atoms with Gasteiger partial charge in [-0.25, -0.2) is 5.06 Å². The third-order valence-electron chi connectivity index (χ3n) is 1.02. The van der Waals surface area contributed by atoms with Crippen LogP contribution in [0.15, 0.2) is 0 Å². The second-order valence-corrected chi connectivity index (χ2v) is 3.78. The van der Waals surface area contributed by atoms with E-state index in [2.05, 4.69) is 4.28 Å². The van der Waals surface area contributed by atoms with Gasteiger partial charge in [0.05, 0.1) is 5.75 Å². The molecule has 0 aromatic carbocycles. The van der Waals surface area contributed by atoms with E-state index >= 15 is 0 Å². The Kier molecular flexibility index (Phi) is 7.35. The summed E-state index contributed by atoms with van der Waals surface area (Å²) in [7, 11) is -2.31. The summed E-state index contributed by atoms with van der Waals surface area (Å²) in [4.78, 5) is 10.5. The molecule has 0 aromatic heterocycles. The van der Waals surface area contributed by atoms with Gasteiger partial charge in [0.2, 0.25) is 5.91 Å². The molecule has 0 fully saturated rings. The predicted molar refractivity (Wildman–Crippen MR) is 46.1 cm³/mol. The number of carbonyl (C=O) groups excluding carboxylic acids is 1. The summed E-state index contributed by atoms with van der Waals surface area (Å²) in [6.45, 7) is 2.65. The van der Waals surface area contributed by atoms with Crippen molar-refractivity contribution in [2.75, 3.05) is 12.8 Å². The summed E-state index contributed by atoms with van der Waals surface area (Å²) in [5, 5.41) is 0.679. The van der Waals surface area contributed by atoms with E-state index in [-0.39, 0.29) is 35.3 Å². The molecular formula is C5H12NNaO4S. The van der Waals surface area contributed by atoms with Crippen molar-refractivity contribution < 1.29 is 17.5 Å². The van der Waals surface area contributed by atoms with Gasteiger partial charge in [0.25, 0.3) is 10.1 Å². The molecule has 0 bridgehead atoms. The maximum atomic E-state index is 10.7. The van der Waals surface area contributed by atoms with Crippen LogP contribution in [0, 0.1) is 0 Å². The van der Waals surface area contributed by atoms with Crippen LogP contribution in [-0.2, 0) is 19.2 Å². The molecule has 0 radical (unpaired) electrons. The van der Waals surface area contributed by atoms with Crippen LogP contribution in [0.3, 0.4) is 0 Å². The number of carbonyl (C=O) groups is 1. The number of hydroxylamine groups is 2. The fourth-order valence-electron chi connectivity index (χ4n) is 0.276. The number of rotatable bonds is 3. The average molecular weight is 205 g/mol. The van der Waals surface area contributed by atoms with Gasteiger partial charge < -0.3 is 0 Å². The molecule has 0 atom stereocenters. The molecule has 68 valence electrons.